The fraction of sp³-hybridized carbons (Fsp3) is 0.300. The Morgan fingerprint density at radius 1 is 1.22 bits per heavy atom. The molecule has 0 aliphatic rings. The first-order valence-electron chi connectivity index (χ1n) is 8.52. The van der Waals surface area contributed by atoms with Crippen molar-refractivity contribution < 1.29 is 13.7 Å². The van der Waals surface area contributed by atoms with Crippen molar-refractivity contribution in [3.63, 3.8) is 0 Å². The zero-order valence-electron chi connectivity index (χ0n) is 16.0. The van der Waals surface area contributed by atoms with Gasteiger partial charge in [-0.15, -0.1) is 0 Å². The molecule has 142 valence electrons. The lowest BCUT2D eigenvalue weighted by Crippen LogP contribution is -2.26. The zero-order valence-corrected chi connectivity index (χ0v) is 16.8. The summed E-state index contributed by atoms with van der Waals surface area (Å²) in [7, 11) is 1.86. The monoisotopic (exact) mass is 387 g/mol. The molecule has 0 saturated carbocycles. The summed E-state index contributed by atoms with van der Waals surface area (Å²) >= 11 is -1.40. The number of hydrogen-bond acceptors (Lipinski definition) is 4. The molecule has 0 aliphatic heterocycles. The normalized spacial score (nSPS) is 13.8. The summed E-state index contributed by atoms with van der Waals surface area (Å²) in [6, 6.07) is 10.1. The van der Waals surface area contributed by atoms with Gasteiger partial charge in [0.2, 0.25) is 0 Å². The first-order valence-corrected chi connectivity index (χ1v) is 9.62. The van der Waals surface area contributed by atoms with Gasteiger partial charge in [0.1, 0.15) is 21.9 Å². The second-order valence-corrected chi connectivity index (χ2v) is 9.18. The fourth-order valence-electron chi connectivity index (χ4n) is 2.45. The van der Waals surface area contributed by atoms with Gasteiger partial charge in [-0.3, -0.25) is 4.68 Å². The summed E-state index contributed by atoms with van der Waals surface area (Å²) in [5.41, 5.74) is 2.06. The maximum absolute atomic E-state index is 14.5. The predicted octanol–water partition coefficient (Wildman–Crippen LogP) is 4.78. The third kappa shape index (κ3) is 4.31. The molecule has 0 saturated heterocycles. The molecule has 5 nitrogen and oxygen atoms in total. The van der Waals surface area contributed by atoms with Crippen molar-refractivity contribution in [1.29, 1.82) is 0 Å². The molecule has 0 amide bonds. The molecule has 0 radical (unpaired) electrons. The number of halogens is 1. The third-order valence-electron chi connectivity index (χ3n) is 4.04. The molecule has 3 rings (SSSR count). The van der Waals surface area contributed by atoms with Crippen molar-refractivity contribution in [3.8, 4) is 11.5 Å². The molecule has 27 heavy (non-hydrogen) atoms. The lowest BCUT2D eigenvalue weighted by Gasteiger charge is -2.18. The number of benzene rings is 2. The van der Waals surface area contributed by atoms with Gasteiger partial charge in [-0.25, -0.2) is 4.39 Å². The summed E-state index contributed by atoms with van der Waals surface area (Å²) in [5.74, 6) is 0.142. The van der Waals surface area contributed by atoms with Crippen LogP contribution in [0, 0.1) is 5.82 Å². The van der Waals surface area contributed by atoms with E-state index in [1.54, 1.807) is 36.0 Å². The molecule has 1 heterocycles. The number of nitrogens with zero attached hydrogens (tertiary/aromatic N) is 3. The van der Waals surface area contributed by atoms with Crippen LogP contribution >= 0.6 is 0 Å². The minimum atomic E-state index is -1.40. The molecule has 0 spiro atoms. The van der Waals surface area contributed by atoms with Crippen LogP contribution in [0.2, 0.25) is 0 Å². The first kappa shape index (κ1) is 19.4. The van der Waals surface area contributed by atoms with Gasteiger partial charge in [-0.2, -0.15) is 5.10 Å². The highest BCUT2D eigenvalue weighted by molar-refractivity contribution is 7.91. The molecule has 7 heteroatoms. The number of aromatic nitrogens is 2. The molecule has 0 bridgehead atoms. The lowest BCUT2D eigenvalue weighted by atomic mass is 10.1. The molecular weight excluding hydrogens is 365 g/mol. The minimum Gasteiger partial charge on any atom is -0.591 e. The van der Waals surface area contributed by atoms with Gasteiger partial charge in [0.05, 0.1) is 17.4 Å². The van der Waals surface area contributed by atoms with E-state index < -0.39 is 21.9 Å². The Balaban J connectivity index is 1.82. The van der Waals surface area contributed by atoms with Crippen LogP contribution in [0.4, 0.5) is 4.39 Å². The zero-order chi connectivity index (χ0) is 19.8. The summed E-state index contributed by atoms with van der Waals surface area (Å²) in [6.45, 7) is 7.25. The highest BCUT2D eigenvalue weighted by Crippen LogP contribution is 2.28. The van der Waals surface area contributed by atoms with Crippen molar-refractivity contribution in [1.82, 2.24) is 9.78 Å². The van der Waals surface area contributed by atoms with E-state index in [0.717, 1.165) is 10.9 Å². The molecule has 0 fully saturated rings. The number of fused-ring (bicyclic) bond motifs is 1. The van der Waals surface area contributed by atoms with E-state index in [1.165, 1.54) is 6.07 Å². The molecular formula is C20H22FN3O2S. The van der Waals surface area contributed by atoms with Crippen molar-refractivity contribution in [3.05, 3.63) is 54.0 Å². The second kappa shape index (κ2) is 7.32. The molecule has 1 unspecified atom stereocenters. The van der Waals surface area contributed by atoms with Crippen LogP contribution in [0.1, 0.15) is 33.3 Å². The van der Waals surface area contributed by atoms with Crippen LogP contribution in [0.25, 0.3) is 10.9 Å². The summed E-state index contributed by atoms with van der Waals surface area (Å²) < 4.78 is 37.8. The number of aryl methyl sites for hydroxylation is 1. The predicted molar refractivity (Wildman–Crippen MR) is 107 cm³/mol. The molecule has 3 aromatic rings. The Hall–Kier alpha value is -2.38. The van der Waals surface area contributed by atoms with Crippen LogP contribution in [0.5, 0.6) is 11.5 Å². The summed E-state index contributed by atoms with van der Waals surface area (Å²) in [4.78, 5) is 0. The van der Waals surface area contributed by atoms with Crippen LogP contribution in [-0.2, 0) is 18.4 Å². The Kier molecular flexibility index (Phi) is 5.26. The minimum absolute atomic E-state index is 0.117. The smallest absolute Gasteiger partial charge is 0.166 e. The van der Waals surface area contributed by atoms with Gasteiger partial charge in [0.25, 0.3) is 0 Å². The van der Waals surface area contributed by atoms with Crippen LogP contribution in [0.15, 0.2) is 47.0 Å². The van der Waals surface area contributed by atoms with Crippen molar-refractivity contribution >= 4 is 28.0 Å². The van der Waals surface area contributed by atoms with Gasteiger partial charge in [0, 0.05) is 18.0 Å². The number of rotatable bonds is 4. The number of hydrogen-bond donors (Lipinski definition) is 0. The van der Waals surface area contributed by atoms with Gasteiger partial charge in [0.15, 0.2) is 11.6 Å². The van der Waals surface area contributed by atoms with Crippen LogP contribution < -0.4 is 4.74 Å². The van der Waals surface area contributed by atoms with E-state index in [0.29, 0.717) is 17.0 Å². The average molecular weight is 387 g/mol. The van der Waals surface area contributed by atoms with Gasteiger partial charge in [-0.1, -0.05) is 4.40 Å². The van der Waals surface area contributed by atoms with Gasteiger partial charge < -0.3 is 9.29 Å². The molecule has 0 N–H and O–H groups in total. The highest BCUT2D eigenvalue weighted by Gasteiger charge is 2.26. The Morgan fingerprint density at radius 2 is 1.96 bits per heavy atom. The average Bonchev–Trinajstić information content (AvgIpc) is 2.96. The lowest BCUT2D eigenvalue weighted by molar-refractivity contribution is 0.443. The molecule has 2 aromatic carbocycles. The largest absolute Gasteiger partial charge is 0.591 e. The Bertz CT molecular complexity index is 1010. The number of ether oxygens (including phenoxy) is 1. The highest BCUT2D eigenvalue weighted by atomic mass is 32.2. The Labute approximate surface area is 161 Å². The van der Waals surface area contributed by atoms with Gasteiger partial charge in [-0.05, 0) is 64.1 Å². The van der Waals surface area contributed by atoms with Crippen LogP contribution in [-0.4, -0.2) is 24.8 Å². The Morgan fingerprint density at radius 3 is 2.63 bits per heavy atom. The van der Waals surface area contributed by atoms with E-state index in [9.17, 15) is 8.94 Å². The maximum Gasteiger partial charge on any atom is 0.166 e. The van der Waals surface area contributed by atoms with E-state index >= 15 is 0 Å². The topological polar surface area (TPSA) is 62.5 Å². The molecule has 0 aliphatic carbocycles. The van der Waals surface area contributed by atoms with Crippen molar-refractivity contribution in [2.24, 2.45) is 11.4 Å². The van der Waals surface area contributed by atoms with E-state index in [1.807, 2.05) is 40.0 Å². The summed E-state index contributed by atoms with van der Waals surface area (Å²) in [5, 5.41) is 5.10. The molecule has 1 aromatic heterocycles. The fourth-order valence-corrected chi connectivity index (χ4v) is 3.08. The van der Waals surface area contributed by atoms with E-state index in [4.69, 9.17) is 4.74 Å². The van der Waals surface area contributed by atoms with Gasteiger partial charge >= 0.3 is 0 Å². The SMILES string of the molecule is CC(=N[S+]([O-])C(C)(C)C)c1ccc(Oc2ccc3c(cnn3C)c2)c(F)c1. The van der Waals surface area contributed by atoms with Crippen molar-refractivity contribution in [2.45, 2.75) is 32.4 Å². The standard InChI is InChI=1S/C20H22FN3O2S/c1-13(23-27(25)20(2,3)4)14-6-9-19(17(21)11-14)26-16-7-8-18-15(10-16)12-22-24(18)5/h6-12H,1-5H3. The third-order valence-corrected chi connectivity index (χ3v) is 5.53. The summed E-state index contributed by atoms with van der Waals surface area (Å²) in [6.07, 6.45) is 1.73. The van der Waals surface area contributed by atoms with E-state index in [-0.39, 0.29) is 5.75 Å². The quantitative estimate of drug-likeness (QED) is 0.478. The van der Waals surface area contributed by atoms with E-state index in [2.05, 4.69) is 9.50 Å². The van der Waals surface area contributed by atoms with Crippen molar-refractivity contribution in [2.75, 3.05) is 0 Å². The maximum atomic E-state index is 14.5. The second-order valence-electron chi connectivity index (χ2n) is 7.27. The first-order chi connectivity index (χ1) is 12.6. The van der Waals surface area contributed by atoms with Crippen LogP contribution in [0.3, 0.4) is 0 Å². The molecule has 1 atom stereocenters.